The van der Waals surface area contributed by atoms with Crippen molar-refractivity contribution in [2.45, 2.75) is 57.5 Å². The molecular weight excluding hydrogens is 397 g/mol. The maximum absolute atomic E-state index is 12.7. The predicted molar refractivity (Wildman–Crippen MR) is 113 cm³/mol. The molecule has 28 heavy (non-hydrogen) atoms. The van der Waals surface area contributed by atoms with E-state index in [9.17, 15) is 4.79 Å². The molecule has 0 bridgehead atoms. The molecule has 2 rings (SSSR count). The van der Waals surface area contributed by atoms with Gasteiger partial charge < -0.3 is 15.0 Å². The first-order valence-electron chi connectivity index (χ1n) is 9.68. The normalized spacial score (nSPS) is 19.9. The fraction of sp³-hybridized carbons (Fsp3) is 0.619. The van der Waals surface area contributed by atoms with E-state index in [1.807, 2.05) is 39.0 Å². The second-order valence-electron chi connectivity index (χ2n) is 8.32. The summed E-state index contributed by atoms with van der Waals surface area (Å²) in [4.78, 5) is 14.5. The molecule has 7 heteroatoms. The number of piperidine rings is 1. The van der Waals surface area contributed by atoms with Gasteiger partial charge in [0, 0.05) is 31.5 Å². The molecule has 1 atom stereocenters. The molecule has 0 radical (unpaired) electrons. The van der Waals surface area contributed by atoms with Crippen molar-refractivity contribution >= 4 is 29.3 Å². The lowest BCUT2D eigenvalue weighted by molar-refractivity contribution is 0.0127. The highest BCUT2D eigenvalue weighted by molar-refractivity contribution is 6.42. The standard InChI is InChI=1S/C21H29Cl2N3O2/c1-20(2,3)28-19(27)26-13-4-8-21(15-26,9-12-25-11-5-10-24)16-6-7-17(22)18(23)14-16/h6-7,14,25H,4-5,8-9,11-13,15H2,1-3H3. The topological polar surface area (TPSA) is 65.4 Å². The van der Waals surface area contributed by atoms with Crippen LogP contribution in [0, 0.1) is 11.3 Å². The molecule has 1 heterocycles. The summed E-state index contributed by atoms with van der Waals surface area (Å²) < 4.78 is 5.59. The molecule has 1 saturated heterocycles. The van der Waals surface area contributed by atoms with Gasteiger partial charge in [0.2, 0.25) is 0 Å². The number of benzene rings is 1. The van der Waals surface area contributed by atoms with Crippen LogP contribution in [-0.4, -0.2) is 42.8 Å². The minimum Gasteiger partial charge on any atom is -0.444 e. The van der Waals surface area contributed by atoms with Crippen molar-refractivity contribution in [2.75, 3.05) is 26.2 Å². The molecule has 1 N–H and O–H groups in total. The van der Waals surface area contributed by atoms with E-state index in [4.69, 9.17) is 33.2 Å². The molecule has 154 valence electrons. The van der Waals surface area contributed by atoms with Crippen molar-refractivity contribution in [1.82, 2.24) is 10.2 Å². The predicted octanol–water partition coefficient (Wildman–Crippen LogP) is 5.16. The van der Waals surface area contributed by atoms with Gasteiger partial charge in [-0.1, -0.05) is 29.3 Å². The van der Waals surface area contributed by atoms with Crippen molar-refractivity contribution in [3.05, 3.63) is 33.8 Å². The van der Waals surface area contributed by atoms with Crippen molar-refractivity contribution in [3.63, 3.8) is 0 Å². The van der Waals surface area contributed by atoms with Crippen molar-refractivity contribution in [3.8, 4) is 6.07 Å². The van der Waals surface area contributed by atoms with Crippen LogP contribution in [0.4, 0.5) is 4.79 Å². The van der Waals surface area contributed by atoms with Gasteiger partial charge in [0.15, 0.2) is 0 Å². The molecular formula is C21H29Cl2N3O2. The van der Waals surface area contributed by atoms with Gasteiger partial charge >= 0.3 is 6.09 Å². The second kappa shape index (κ2) is 9.82. The smallest absolute Gasteiger partial charge is 0.410 e. The summed E-state index contributed by atoms with van der Waals surface area (Å²) in [5, 5.41) is 13.1. The van der Waals surface area contributed by atoms with E-state index in [0.29, 0.717) is 36.1 Å². The number of rotatable bonds is 6. The third-order valence-electron chi connectivity index (χ3n) is 4.95. The van der Waals surface area contributed by atoms with Crippen LogP contribution in [0.5, 0.6) is 0 Å². The van der Waals surface area contributed by atoms with Gasteiger partial charge in [-0.15, -0.1) is 0 Å². The molecule has 1 amide bonds. The Morgan fingerprint density at radius 1 is 1.32 bits per heavy atom. The Labute approximate surface area is 177 Å². The molecule has 1 aromatic carbocycles. The number of nitrogens with one attached hydrogen (secondary N) is 1. The fourth-order valence-corrected chi connectivity index (χ4v) is 3.92. The van der Waals surface area contributed by atoms with Gasteiger partial charge in [-0.2, -0.15) is 5.26 Å². The summed E-state index contributed by atoms with van der Waals surface area (Å²) in [7, 11) is 0. The lowest BCUT2D eigenvalue weighted by atomic mass is 9.71. The second-order valence-corrected chi connectivity index (χ2v) is 9.14. The molecule has 1 aliphatic rings. The fourth-order valence-electron chi connectivity index (χ4n) is 3.62. The summed E-state index contributed by atoms with van der Waals surface area (Å²) >= 11 is 12.4. The van der Waals surface area contributed by atoms with E-state index in [1.54, 1.807) is 4.90 Å². The maximum Gasteiger partial charge on any atom is 0.410 e. The zero-order valence-corrected chi connectivity index (χ0v) is 18.4. The van der Waals surface area contributed by atoms with Crippen LogP contribution >= 0.6 is 23.2 Å². The first-order valence-corrected chi connectivity index (χ1v) is 10.4. The molecule has 1 unspecified atom stereocenters. The van der Waals surface area contributed by atoms with Gasteiger partial charge in [-0.3, -0.25) is 0 Å². The summed E-state index contributed by atoms with van der Waals surface area (Å²) in [6.45, 7) is 8.29. The van der Waals surface area contributed by atoms with E-state index < -0.39 is 5.60 Å². The molecule has 1 fully saturated rings. The van der Waals surface area contributed by atoms with Gasteiger partial charge in [-0.25, -0.2) is 4.79 Å². The molecule has 0 spiro atoms. The number of nitrogens with zero attached hydrogens (tertiary/aromatic N) is 2. The Kier molecular flexibility index (Phi) is 8.00. The molecule has 0 aliphatic carbocycles. The van der Waals surface area contributed by atoms with E-state index in [-0.39, 0.29) is 11.5 Å². The van der Waals surface area contributed by atoms with Crippen molar-refractivity contribution in [1.29, 1.82) is 5.26 Å². The minimum absolute atomic E-state index is 0.233. The highest BCUT2D eigenvalue weighted by Crippen LogP contribution is 2.39. The van der Waals surface area contributed by atoms with Gasteiger partial charge in [0.05, 0.1) is 16.1 Å². The van der Waals surface area contributed by atoms with Crippen molar-refractivity contribution < 1.29 is 9.53 Å². The third kappa shape index (κ3) is 6.27. The number of ether oxygens (including phenoxy) is 1. The SMILES string of the molecule is CC(C)(C)OC(=O)N1CCCC(CCNCCC#N)(c2ccc(Cl)c(Cl)c2)C1. The minimum atomic E-state index is -0.528. The van der Waals surface area contributed by atoms with Gasteiger partial charge in [0.25, 0.3) is 0 Å². The maximum atomic E-state index is 12.7. The molecule has 1 aromatic rings. The molecule has 0 aromatic heterocycles. The Balaban J connectivity index is 2.23. The highest BCUT2D eigenvalue weighted by atomic mass is 35.5. The summed E-state index contributed by atoms with van der Waals surface area (Å²) in [5.74, 6) is 0. The van der Waals surface area contributed by atoms with Crippen molar-refractivity contribution in [2.24, 2.45) is 0 Å². The molecule has 5 nitrogen and oxygen atoms in total. The zero-order chi connectivity index (χ0) is 20.8. The van der Waals surface area contributed by atoms with Crippen LogP contribution < -0.4 is 5.32 Å². The average Bonchev–Trinajstić information content (AvgIpc) is 2.62. The van der Waals surface area contributed by atoms with E-state index in [1.165, 1.54) is 0 Å². The number of likely N-dealkylation sites (tertiary alicyclic amines) is 1. The largest absolute Gasteiger partial charge is 0.444 e. The van der Waals surface area contributed by atoms with Gasteiger partial charge in [0.1, 0.15) is 5.60 Å². The van der Waals surface area contributed by atoms with E-state index in [2.05, 4.69) is 11.4 Å². The number of nitriles is 1. The van der Waals surface area contributed by atoms with Crippen LogP contribution in [0.1, 0.15) is 52.0 Å². The summed E-state index contributed by atoms with van der Waals surface area (Å²) in [6.07, 6.45) is 2.86. The Bertz CT molecular complexity index is 727. The number of carbonyl (C=O) groups excluding carboxylic acids is 1. The Morgan fingerprint density at radius 2 is 2.07 bits per heavy atom. The lowest BCUT2D eigenvalue weighted by Crippen LogP contribution is -2.50. The van der Waals surface area contributed by atoms with Crippen LogP contribution in [0.3, 0.4) is 0 Å². The van der Waals surface area contributed by atoms with E-state index >= 15 is 0 Å². The lowest BCUT2D eigenvalue weighted by Gasteiger charge is -2.44. The number of carbonyl (C=O) groups is 1. The van der Waals surface area contributed by atoms with Gasteiger partial charge in [-0.05, 0) is 64.3 Å². The summed E-state index contributed by atoms with van der Waals surface area (Å²) in [5.41, 5.74) is 0.320. The number of amides is 1. The van der Waals surface area contributed by atoms with Crippen LogP contribution in [0.25, 0.3) is 0 Å². The number of hydrogen-bond donors (Lipinski definition) is 1. The molecule has 0 saturated carbocycles. The van der Waals surface area contributed by atoms with E-state index in [0.717, 1.165) is 31.4 Å². The Morgan fingerprint density at radius 3 is 2.71 bits per heavy atom. The zero-order valence-electron chi connectivity index (χ0n) is 16.9. The molecule has 1 aliphatic heterocycles. The number of hydrogen-bond acceptors (Lipinski definition) is 4. The first-order chi connectivity index (χ1) is 13.2. The quantitative estimate of drug-likeness (QED) is 0.639. The number of halogens is 2. The summed E-state index contributed by atoms with van der Waals surface area (Å²) in [6, 6.07) is 7.87. The van der Waals surface area contributed by atoms with Crippen LogP contribution in [-0.2, 0) is 10.2 Å². The van der Waals surface area contributed by atoms with Crippen LogP contribution in [0.15, 0.2) is 18.2 Å². The monoisotopic (exact) mass is 425 g/mol. The Hall–Kier alpha value is -1.48. The average molecular weight is 426 g/mol. The highest BCUT2D eigenvalue weighted by Gasteiger charge is 2.39. The van der Waals surface area contributed by atoms with Crippen LogP contribution in [0.2, 0.25) is 10.0 Å². The third-order valence-corrected chi connectivity index (χ3v) is 5.69. The first kappa shape index (κ1) is 22.8.